The zero-order valence-electron chi connectivity index (χ0n) is 16.0. The Labute approximate surface area is 162 Å². The van der Waals surface area contributed by atoms with Crippen LogP contribution in [0.1, 0.15) is 38.1 Å². The van der Waals surface area contributed by atoms with Crippen molar-refractivity contribution in [2.24, 2.45) is 18.7 Å². The molecule has 3 unspecified atom stereocenters. The van der Waals surface area contributed by atoms with Gasteiger partial charge in [0.25, 0.3) is 0 Å². The first-order chi connectivity index (χ1) is 11.5. The fourth-order valence-electron chi connectivity index (χ4n) is 3.40. The Morgan fingerprint density at radius 3 is 2.46 bits per heavy atom. The largest absolute Gasteiger partial charge is 0.341 e. The monoisotopic (exact) mass is 407 g/mol. The van der Waals surface area contributed by atoms with E-state index in [-0.39, 0.29) is 35.2 Å². The van der Waals surface area contributed by atoms with Crippen LogP contribution in [0.4, 0.5) is 0 Å². The number of aryl methyl sites for hydroxylation is 2. The Morgan fingerprint density at radius 1 is 1.35 bits per heavy atom. The molecule has 1 aliphatic heterocycles. The van der Waals surface area contributed by atoms with Crippen molar-refractivity contribution in [2.75, 3.05) is 13.1 Å². The predicted octanol–water partition coefficient (Wildman–Crippen LogP) is 0.711. The van der Waals surface area contributed by atoms with Gasteiger partial charge in [0.05, 0.1) is 17.4 Å². The lowest BCUT2D eigenvalue weighted by Crippen LogP contribution is -2.51. The minimum atomic E-state index is -3.82. The van der Waals surface area contributed by atoms with Crippen molar-refractivity contribution in [3.8, 4) is 0 Å². The highest BCUT2D eigenvalue weighted by atomic mass is 35.5. The van der Waals surface area contributed by atoms with Gasteiger partial charge in [0, 0.05) is 26.2 Å². The van der Waals surface area contributed by atoms with Crippen molar-refractivity contribution in [1.29, 1.82) is 0 Å². The van der Waals surface area contributed by atoms with Crippen molar-refractivity contribution in [3.05, 3.63) is 11.4 Å². The Bertz CT molecular complexity index is 747. The van der Waals surface area contributed by atoms with Crippen LogP contribution in [-0.4, -0.2) is 54.2 Å². The Balaban J connectivity index is 0.00000338. The zero-order chi connectivity index (χ0) is 18.9. The fourth-order valence-corrected chi connectivity index (χ4v) is 5.03. The first kappa shape index (κ1) is 22.9. The highest BCUT2D eigenvalue weighted by Crippen LogP contribution is 2.21. The quantitative estimate of drug-likeness (QED) is 0.746. The van der Waals surface area contributed by atoms with Crippen LogP contribution in [0.5, 0.6) is 0 Å². The lowest BCUT2D eigenvalue weighted by Gasteiger charge is -2.36. The lowest BCUT2D eigenvalue weighted by molar-refractivity contribution is -0.134. The van der Waals surface area contributed by atoms with Crippen molar-refractivity contribution in [2.45, 2.75) is 57.5 Å². The van der Waals surface area contributed by atoms with E-state index in [1.165, 1.54) is 4.68 Å². The van der Waals surface area contributed by atoms with Crippen LogP contribution in [0.2, 0.25) is 0 Å². The number of aromatic nitrogens is 2. The van der Waals surface area contributed by atoms with Crippen LogP contribution in [0.25, 0.3) is 0 Å². The minimum Gasteiger partial charge on any atom is -0.341 e. The van der Waals surface area contributed by atoms with Crippen molar-refractivity contribution in [1.82, 2.24) is 19.4 Å². The van der Waals surface area contributed by atoms with Crippen molar-refractivity contribution in [3.63, 3.8) is 0 Å². The van der Waals surface area contributed by atoms with Crippen LogP contribution < -0.4 is 10.5 Å². The summed E-state index contributed by atoms with van der Waals surface area (Å²) in [5.74, 6) is 0.0393. The second-order valence-electron chi connectivity index (χ2n) is 7.01. The first-order valence-electron chi connectivity index (χ1n) is 8.61. The molecule has 0 bridgehead atoms. The van der Waals surface area contributed by atoms with Gasteiger partial charge in [-0.3, -0.25) is 9.48 Å². The van der Waals surface area contributed by atoms with Gasteiger partial charge in [-0.25, -0.2) is 8.42 Å². The van der Waals surface area contributed by atoms with Crippen LogP contribution >= 0.6 is 12.4 Å². The molecule has 0 saturated carbocycles. The van der Waals surface area contributed by atoms with Gasteiger partial charge < -0.3 is 10.6 Å². The summed E-state index contributed by atoms with van der Waals surface area (Å²) >= 11 is 0. The summed E-state index contributed by atoms with van der Waals surface area (Å²) in [6.07, 6.45) is 1.88. The molecule has 0 radical (unpaired) electrons. The third-order valence-electron chi connectivity index (χ3n) is 4.93. The number of carbonyl (C=O) groups excluding carboxylic acids is 1. The fraction of sp³-hybridized carbons (Fsp3) is 0.750. The molecule has 1 amide bonds. The average molecular weight is 408 g/mol. The summed E-state index contributed by atoms with van der Waals surface area (Å²) in [5, 5.41) is 4.14. The van der Waals surface area contributed by atoms with Crippen LogP contribution in [0, 0.1) is 19.8 Å². The molecular formula is C16H30ClN5O3S. The molecular weight excluding hydrogens is 378 g/mol. The number of piperidine rings is 1. The maximum Gasteiger partial charge on any atom is 0.244 e. The zero-order valence-corrected chi connectivity index (χ0v) is 17.7. The second-order valence-corrected chi connectivity index (χ2v) is 8.66. The van der Waals surface area contributed by atoms with Crippen LogP contribution in [0.15, 0.2) is 4.90 Å². The topological polar surface area (TPSA) is 110 Å². The molecule has 3 N–H and O–H groups in total. The number of nitrogens with two attached hydrogens (primary N) is 1. The lowest BCUT2D eigenvalue weighted by atomic mass is 9.92. The van der Waals surface area contributed by atoms with E-state index in [0.717, 1.165) is 12.8 Å². The van der Waals surface area contributed by atoms with E-state index in [0.29, 0.717) is 24.5 Å². The Hall–Kier alpha value is -1.16. The van der Waals surface area contributed by atoms with E-state index in [2.05, 4.69) is 9.82 Å². The van der Waals surface area contributed by atoms with E-state index < -0.39 is 16.1 Å². The number of likely N-dealkylation sites (tertiary alicyclic amines) is 1. The van der Waals surface area contributed by atoms with Gasteiger partial charge in [0.2, 0.25) is 15.9 Å². The molecule has 2 rings (SSSR count). The summed E-state index contributed by atoms with van der Waals surface area (Å²) in [7, 11) is -2.13. The molecule has 1 saturated heterocycles. The molecule has 0 spiro atoms. The van der Waals surface area contributed by atoms with E-state index >= 15 is 0 Å². The van der Waals surface area contributed by atoms with Gasteiger partial charge in [0.15, 0.2) is 0 Å². The molecule has 150 valence electrons. The molecule has 1 aromatic heterocycles. The number of rotatable bonds is 5. The van der Waals surface area contributed by atoms with Gasteiger partial charge in [-0.05, 0) is 46.5 Å². The number of nitrogens with one attached hydrogen (secondary N) is 1. The van der Waals surface area contributed by atoms with Crippen LogP contribution in [0.3, 0.4) is 0 Å². The standard InChI is InChI=1S/C16H29N5O3S.ClH/c1-10(17)14-7-6-8-21(9-14)16(22)12(3)19-25(23,24)15-11(2)18-20(5)13(15)4;/h10,12,14,19H,6-9,17H2,1-5H3;1H. The summed E-state index contributed by atoms with van der Waals surface area (Å²) in [6, 6.07) is -0.820. The Kier molecular flexibility index (Phi) is 7.64. The highest BCUT2D eigenvalue weighted by molar-refractivity contribution is 7.89. The number of hydrogen-bond donors (Lipinski definition) is 2. The first-order valence-corrected chi connectivity index (χ1v) is 10.1. The van der Waals surface area contributed by atoms with Gasteiger partial charge in [-0.2, -0.15) is 9.82 Å². The van der Waals surface area contributed by atoms with E-state index in [4.69, 9.17) is 5.73 Å². The SMILES string of the molecule is Cc1nn(C)c(C)c1S(=O)(=O)NC(C)C(=O)N1CCCC(C(C)N)C1.Cl. The molecule has 3 atom stereocenters. The highest BCUT2D eigenvalue weighted by Gasteiger charge is 2.32. The number of hydrogen-bond acceptors (Lipinski definition) is 5. The number of halogens is 1. The number of carbonyl (C=O) groups is 1. The van der Waals surface area contributed by atoms with Gasteiger partial charge in [0.1, 0.15) is 4.90 Å². The third-order valence-corrected chi connectivity index (χ3v) is 6.72. The predicted molar refractivity (Wildman–Crippen MR) is 103 cm³/mol. The number of nitrogens with zero attached hydrogens (tertiary/aromatic N) is 3. The van der Waals surface area contributed by atoms with Gasteiger partial charge in [-0.1, -0.05) is 0 Å². The minimum absolute atomic E-state index is 0. The number of sulfonamides is 1. The van der Waals surface area contributed by atoms with Crippen molar-refractivity contribution < 1.29 is 13.2 Å². The average Bonchev–Trinajstić information content (AvgIpc) is 2.79. The van der Waals surface area contributed by atoms with Crippen LogP contribution in [-0.2, 0) is 21.9 Å². The molecule has 0 aromatic carbocycles. The second kappa shape index (κ2) is 8.69. The van der Waals surface area contributed by atoms with Gasteiger partial charge in [-0.15, -0.1) is 12.4 Å². The van der Waals surface area contributed by atoms with E-state index in [1.807, 2.05) is 6.92 Å². The molecule has 2 heterocycles. The Morgan fingerprint density at radius 2 is 1.96 bits per heavy atom. The summed E-state index contributed by atoms with van der Waals surface area (Å²) in [6.45, 7) is 8.08. The molecule has 1 aliphatic rings. The molecule has 1 fully saturated rings. The molecule has 1 aromatic rings. The smallest absolute Gasteiger partial charge is 0.244 e. The molecule has 0 aliphatic carbocycles. The van der Waals surface area contributed by atoms with Crippen molar-refractivity contribution >= 4 is 28.3 Å². The summed E-state index contributed by atoms with van der Waals surface area (Å²) < 4.78 is 29.4. The summed E-state index contributed by atoms with van der Waals surface area (Å²) in [4.78, 5) is 14.5. The molecule has 10 heteroatoms. The van der Waals surface area contributed by atoms with Gasteiger partial charge >= 0.3 is 0 Å². The molecule has 8 nitrogen and oxygen atoms in total. The van der Waals surface area contributed by atoms with E-state index in [9.17, 15) is 13.2 Å². The normalized spacial score (nSPS) is 20.4. The maximum absolute atomic E-state index is 12.7. The number of amides is 1. The molecule has 26 heavy (non-hydrogen) atoms. The summed E-state index contributed by atoms with van der Waals surface area (Å²) in [5.41, 5.74) is 6.92. The van der Waals surface area contributed by atoms with E-state index in [1.54, 1.807) is 32.7 Å². The maximum atomic E-state index is 12.7. The third kappa shape index (κ3) is 4.76.